The van der Waals surface area contributed by atoms with Crippen LogP contribution in [-0.2, 0) is 4.79 Å². The summed E-state index contributed by atoms with van der Waals surface area (Å²) in [5.74, 6) is -0.552. The van der Waals surface area contributed by atoms with Crippen LogP contribution >= 0.6 is 15.9 Å². The van der Waals surface area contributed by atoms with Gasteiger partial charge in [-0.3, -0.25) is 4.79 Å². The zero-order chi connectivity index (χ0) is 13.0. The van der Waals surface area contributed by atoms with E-state index in [4.69, 9.17) is 5.73 Å². The molecule has 1 amide bonds. The Morgan fingerprint density at radius 2 is 2.24 bits per heavy atom. The van der Waals surface area contributed by atoms with Crippen molar-refractivity contribution in [1.29, 1.82) is 0 Å². The molecule has 5 heteroatoms. The van der Waals surface area contributed by atoms with Crippen molar-refractivity contribution in [2.45, 2.75) is 25.8 Å². The number of amides is 1. The lowest BCUT2D eigenvalue weighted by Crippen LogP contribution is -2.28. The molecule has 0 bridgehead atoms. The van der Waals surface area contributed by atoms with Crippen LogP contribution in [0.4, 0.5) is 10.1 Å². The van der Waals surface area contributed by atoms with Crippen molar-refractivity contribution in [3.63, 3.8) is 0 Å². The Balaban J connectivity index is 2.77. The Morgan fingerprint density at radius 3 is 2.82 bits per heavy atom. The summed E-state index contributed by atoms with van der Waals surface area (Å²) in [5.41, 5.74) is 5.85. The number of nitrogens with two attached hydrogens (primary N) is 1. The van der Waals surface area contributed by atoms with Gasteiger partial charge in [-0.05, 0) is 31.5 Å². The van der Waals surface area contributed by atoms with Gasteiger partial charge in [0.1, 0.15) is 5.82 Å². The van der Waals surface area contributed by atoms with Crippen molar-refractivity contribution >= 4 is 27.5 Å². The Labute approximate surface area is 109 Å². The maximum absolute atomic E-state index is 13.5. The molecule has 0 saturated carbocycles. The summed E-state index contributed by atoms with van der Waals surface area (Å²) in [4.78, 5) is 13.1. The molecule has 0 aromatic heterocycles. The maximum atomic E-state index is 13.5. The van der Waals surface area contributed by atoms with E-state index in [2.05, 4.69) is 15.9 Å². The monoisotopic (exact) mass is 302 g/mol. The van der Waals surface area contributed by atoms with Crippen molar-refractivity contribution in [2.24, 2.45) is 5.73 Å². The number of anilines is 1. The highest BCUT2D eigenvalue weighted by Gasteiger charge is 2.15. The van der Waals surface area contributed by atoms with Crippen LogP contribution in [0.2, 0.25) is 0 Å². The summed E-state index contributed by atoms with van der Waals surface area (Å²) in [6.07, 6.45) is 0.916. The largest absolute Gasteiger partial charge is 0.328 e. The topological polar surface area (TPSA) is 46.3 Å². The van der Waals surface area contributed by atoms with Crippen LogP contribution in [0.5, 0.6) is 0 Å². The van der Waals surface area contributed by atoms with E-state index in [-0.39, 0.29) is 17.6 Å². The van der Waals surface area contributed by atoms with Crippen LogP contribution in [0, 0.1) is 5.82 Å². The average Bonchev–Trinajstić information content (AvgIpc) is 2.28. The number of hydrogen-bond acceptors (Lipinski definition) is 2. The third kappa shape index (κ3) is 4.09. The number of nitrogens with zero attached hydrogens (tertiary/aromatic N) is 1. The molecule has 0 heterocycles. The second-order valence-electron chi connectivity index (χ2n) is 4.06. The van der Waals surface area contributed by atoms with Crippen molar-refractivity contribution in [1.82, 2.24) is 0 Å². The van der Waals surface area contributed by atoms with Crippen molar-refractivity contribution in [2.75, 3.05) is 11.9 Å². The van der Waals surface area contributed by atoms with Crippen LogP contribution in [-0.4, -0.2) is 19.0 Å². The molecule has 3 nitrogen and oxygen atoms in total. The first kappa shape index (κ1) is 14.1. The minimum absolute atomic E-state index is 0.0280. The molecule has 0 fully saturated rings. The summed E-state index contributed by atoms with van der Waals surface area (Å²) >= 11 is 3.25. The number of carbonyl (C=O) groups excluding carboxylic acids is 1. The number of halogens is 2. The fraction of sp³-hybridized carbons (Fsp3) is 0.417. The highest BCUT2D eigenvalue weighted by atomic mass is 79.9. The number of carbonyl (C=O) groups is 1. The molecule has 1 unspecified atom stereocenters. The predicted octanol–water partition coefficient (Wildman–Crippen LogP) is 2.68. The third-order valence-electron chi connectivity index (χ3n) is 2.46. The van der Waals surface area contributed by atoms with Gasteiger partial charge in [0.2, 0.25) is 5.91 Å². The summed E-state index contributed by atoms with van der Waals surface area (Å²) in [5, 5.41) is 0. The molecule has 0 aliphatic rings. The lowest BCUT2D eigenvalue weighted by atomic mass is 10.1. The molecule has 1 aromatic rings. The fourth-order valence-corrected chi connectivity index (χ4v) is 1.75. The van der Waals surface area contributed by atoms with Gasteiger partial charge in [-0.1, -0.05) is 15.9 Å². The molecule has 17 heavy (non-hydrogen) atoms. The van der Waals surface area contributed by atoms with Crippen molar-refractivity contribution in [3.8, 4) is 0 Å². The van der Waals surface area contributed by atoms with Crippen molar-refractivity contribution < 1.29 is 9.18 Å². The van der Waals surface area contributed by atoms with Crippen LogP contribution < -0.4 is 10.6 Å². The highest BCUT2D eigenvalue weighted by molar-refractivity contribution is 9.10. The molecule has 0 aliphatic heterocycles. The molecule has 0 radical (unpaired) electrons. The van der Waals surface area contributed by atoms with E-state index in [0.717, 1.165) is 4.47 Å². The number of rotatable bonds is 4. The zero-order valence-electron chi connectivity index (χ0n) is 9.91. The van der Waals surface area contributed by atoms with Gasteiger partial charge in [0, 0.05) is 24.0 Å². The molecule has 94 valence electrons. The highest BCUT2D eigenvalue weighted by Crippen LogP contribution is 2.23. The normalized spacial score (nSPS) is 12.3. The smallest absolute Gasteiger partial charge is 0.226 e. The number of hydrogen-bond donors (Lipinski definition) is 1. The molecule has 1 atom stereocenters. The molecule has 1 rings (SSSR count). The van der Waals surface area contributed by atoms with Crippen LogP contribution in [0.1, 0.15) is 19.8 Å². The average molecular weight is 303 g/mol. The first-order valence-electron chi connectivity index (χ1n) is 5.39. The van der Waals surface area contributed by atoms with Gasteiger partial charge >= 0.3 is 0 Å². The second kappa shape index (κ2) is 6.12. The van der Waals surface area contributed by atoms with E-state index < -0.39 is 5.82 Å². The molecule has 2 N–H and O–H groups in total. The predicted molar refractivity (Wildman–Crippen MR) is 70.4 cm³/mol. The quantitative estimate of drug-likeness (QED) is 0.929. The maximum Gasteiger partial charge on any atom is 0.226 e. The van der Waals surface area contributed by atoms with Crippen molar-refractivity contribution in [3.05, 3.63) is 28.5 Å². The second-order valence-corrected chi connectivity index (χ2v) is 4.98. The van der Waals surface area contributed by atoms with E-state index in [1.54, 1.807) is 19.2 Å². The molecular weight excluding hydrogens is 287 g/mol. The van der Waals surface area contributed by atoms with Gasteiger partial charge < -0.3 is 10.6 Å². The van der Waals surface area contributed by atoms with E-state index in [1.807, 2.05) is 6.92 Å². The molecule has 1 aromatic carbocycles. The first-order valence-corrected chi connectivity index (χ1v) is 6.18. The van der Waals surface area contributed by atoms with Crippen LogP contribution in [0.25, 0.3) is 0 Å². The lowest BCUT2D eigenvalue weighted by molar-refractivity contribution is -0.118. The summed E-state index contributed by atoms with van der Waals surface area (Å²) < 4.78 is 14.3. The summed E-state index contributed by atoms with van der Waals surface area (Å²) in [7, 11) is 1.56. The third-order valence-corrected chi connectivity index (χ3v) is 2.95. The SMILES string of the molecule is CC(N)CCC(=O)N(C)c1cc(Br)ccc1F. The standard InChI is InChI=1S/C12H16BrFN2O/c1-8(15)3-6-12(17)16(2)11-7-9(13)4-5-10(11)14/h4-5,7-8H,3,6,15H2,1-2H3. The van der Waals surface area contributed by atoms with E-state index in [9.17, 15) is 9.18 Å². The van der Waals surface area contributed by atoms with E-state index in [0.29, 0.717) is 12.8 Å². The summed E-state index contributed by atoms with van der Waals surface area (Å²) in [6, 6.07) is 4.48. The molecule has 0 saturated heterocycles. The molecule has 0 aliphatic carbocycles. The first-order chi connectivity index (χ1) is 7.91. The van der Waals surface area contributed by atoms with E-state index >= 15 is 0 Å². The summed E-state index contributed by atoms with van der Waals surface area (Å²) in [6.45, 7) is 1.84. The van der Waals surface area contributed by atoms with E-state index in [1.165, 1.54) is 11.0 Å². The minimum Gasteiger partial charge on any atom is -0.328 e. The minimum atomic E-state index is -0.412. The zero-order valence-corrected chi connectivity index (χ0v) is 11.5. The van der Waals surface area contributed by atoms with Gasteiger partial charge in [0.05, 0.1) is 5.69 Å². The van der Waals surface area contributed by atoms with Crippen LogP contribution in [0.15, 0.2) is 22.7 Å². The number of benzene rings is 1. The van der Waals surface area contributed by atoms with Gasteiger partial charge in [-0.25, -0.2) is 4.39 Å². The van der Waals surface area contributed by atoms with Gasteiger partial charge in [-0.15, -0.1) is 0 Å². The Bertz CT molecular complexity index is 409. The van der Waals surface area contributed by atoms with Gasteiger partial charge in [0.15, 0.2) is 0 Å². The fourth-order valence-electron chi connectivity index (χ4n) is 1.40. The van der Waals surface area contributed by atoms with Crippen LogP contribution in [0.3, 0.4) is 0 Å². The van der Waals surface area contributed by atoms with Gasteiger partial charge in [0.25, 0.3) is 0 Å². The Hall–Kier alpha value is -0.940. The Morgan fingerprint density at radius 1 is 1.59 bits per heavy atom. The van der Waals surface area contributed by atoms with Gasteiger partial charge in [-0.2, -0.15) is 0 Å². The lowest BCUT2D eigenvalue weighted by Gasteiger charge is -2.18. The molecule has 0 spiro atoms. The molecular formula is C12H16BrFN2O. The Kier molecular flexibility index (Phi) is 5.08.